The molecule has 2 heterocycles. The Morgan fingerprint density at radius 3 is 2.50 bits per heavy atom. The number of benzene rings is 1. The number of ketones is 1. The highest BCUT2D eigenvalue weighted by molar-refractivity contribution is 7.95. The molecule has 8 nitrogen and oxygen atoms in total. The van der Waals surface area contributed by atoms with Gasteiger partial charge >= 0.3 is 0 Å². The molecule has 2 aromatic rings. The third-order valence-corrected chi connectivity index (χ3v) is 8.06. The van der Waals surface area contributed by atoms with Gasteiger partial charge in [-0.1, -0.05) is 32.9 Å². The van der Waals surface area contributed by atoms with E-state index < -0.39 is 26.6 Å². The van der Waals surface area contributed by atoms with Crippen LogP contribution in [0.2, 0.25) is 0 Å². The van der Waals surface area contributed by atoms with Crippen molar-refractivity contribution in [2.45, 2.75) is 53.0 Å². The number of rotatable bonds is 8. The van der Waals surface area contributed by atoms with Crippen molar-refractivity contribution in [2.24, 2.45) is 11.8 Å². The summed E-state index contributed by atoms with van der Waals surface area (Å²) in [5, 5.41) is 0. The number of Topliss-reactive ketones (excluding diaryl/α,β-unsaturated/α-hetero) is 1. The second-order valence-electron chi connectivity index (χ2n) is 11.1. The topological polar surface area (TPSA) is 106 Å². The van der Waals surface area contributed by atoms with E-state index in [-0.39, 0.29) is 17.5 Å². The number of sulfonamides is 1. The van der Waals surface area contributed by atoms with Crippen LogP contribution in [0.4, 0.5) is 5.82 Å². The fourth-order valence-corrected chi connectivity index (χ4v) is 6.04. The van der Waals surface area contributed by atoms with Gasteiger partial charge in [0.1, 0.15) is 16.5 Å². The van der Waals surface area contributed by atoms with Crippen LogP contribution in [-0.4, -0.2) is 43.8 Å². The van der Waals surface area contributed by atoms with Crippen LogP contribution in [0.25, 0.3) is 11.3 Å². The summed E-state index contributed by atoms with van der Waals surface area (Å²) in [6, 6.07) is 10.9. The lowest BCUT2D eigenvalue weighted by Crippen LogP contribution is -2.41. The maximum absolute atomic E-state index is 13.4. The van der Waals surface area contributed by atoms with Crippen molar-refractivity contribution in [1.29, 1.82) is 0 Å². The lowest BCUT2D eigenvalue weighted by molar-refractivity contribution is -0.114. The highest BCUT2D eigenvalue weighted by atomic mass is 32.2. The summed E-state index contributed by atoms with van der Waals surface area (Å²) >= 11 is 0. The lowest BCUT2D eigenvalue weighted by atomic mass is 9.97. The first-order valence-corrected chi connectivity index (χ1v) is 14.3. The zero-order valence-corrected chi connectivity index (χ0v) is 23.3. The van der Waals surface area contributed by atoms with Crippen molar-refractivity contribution in [3.05, 3.63) is 65.1 Å². The fourth-order valence-electron chi connectivity index (χ4n) is 4.93. The molecule has 0 spiro atoms. The van der Waals surface area contributed by atoms with Gasteiger partial charge in [0.25, 0.3) is 15.9 Å². The van der Waals surface area contributed by atoms with Gasteiger partial charge < -0.3 is 9.64 Å². The number of pyridine rings is 1. The maximum Gasteiger partial charge on any atom is 0.268 e. The Labute approximate surface area is 224 Å². The molecule has 0 bridgehead atoms. The molecule has 0 saturated carbocycles. The van der Waals surface area contributed by atoms with Gasteiger partial charge in [-0.15, -0.1) is 0 Å². The molecule has 0 radical (unpaired) electrons. The second kappa shape index (κ2) is 10.7. The number of aromatic nitrogens is 1. The number of ether oxygens (including phenoxy) is 1. The highest BCUT2D eigenvalue weighted by Gasteiger charge is 2.39. The molecule has 4 rings (SSSR count). The van der Waals surface area contributed by atoms with Crippen LogP contribution in [0.5, 0.6) is 5.75 Å². The van der Waals surface area contributed by atoms with E-state index in [0.717, 1.165) is 17.7 Å². The van der Waals surface area contributed by atoms with E-state index in [4.69, 9.17) is 9.72 Å². The predicted molar refractivity (Wildman–Crippen MR) is 148 cm³/mol. The molecular weight excluding hydrogens is 502 g/mol. The first-order valence-electron chi connectivity index (χ1n) is 12.9. The van der Waals surface area contributed by atoms with E-state index in [0.29, 0.717) is 36.5 Å². The molecule has 1 aromatic heterocycles. The van der Waals surface area contributed by atoms with Gasteiger partial charge in [-0.25, -0.2) is 18.1 Å². The van der Waals surface area contributed by atoms with E-state index in [9.17, 15) is 18.0 Å². The Kier molecular flexibility index (Phi) is 7.78. The fraction of sp³-hybridized carbons (Fsp3) is 0.414. The summed E-state index contributed by atoms with van der Waals surface area (Å²) in [5.74, 6) is 0.570. The summed E-state index contributed by atoms with van der Waals surface area (Å²) in [5.41, 5.74) is 1.34. The maximum atomic E-state index is 13.4. The number of anilines is 1. The predicted octanol–water partition coefficient (Wildman–Crippen LogP) is 4.88. The molecule has 1 aliphatic heterocycles. The van der Waals surface area contributed by atoms with Crippen molar-refractivity contribution in [1.82, 2.24) is 9.71 Å². The minimum absolute atomic E-state index is 0.0242. The molecule has 9 heteroatoms. The molecule has 1 aliphatic carbocycles. The average Bonchev–Trinajstić information content (AvgIpc) is 3.14. The van der Waals surface area contributed by atoms with Crippen LogP contribution in [0.3, 0.4) is 0 Å². The molecule has 1 N–H and O–H groups in total. The van der Waals surface area contributed by atoms with E-state index in [1.54, 1.807) is 18.2 Å². The van der Waals surface area contributed by atoms with Crippen molar-refractivity contribution < 1.29 is 22.7 Å². The normalized spacial score (nSPS) is 19.0. The molecule has 38 heavy (non-hydrogen) atoms. The highest BCUT2D eigenvalue weighted by Crippen LogP contribution is 2.38. The molecule has 2 aliphatic rings. The van der Waals surface area contributed by atoms with Gasteiger partial charge in [0, 0.05) is 24.1 Å². The zero-order valence-electron chi connectivity index (χ0n) is 22.5. The zero-order chi connectivity index (χ0) is 27.7. The van der Waals surface area contributed by atoms with Crippen LogP contribution >= 0.6 is 0 Å². The number of nitrogens with zero attached hydrogens (tertiary/aromatic N) is 2. The number of hydrogen-bond acceptors (Lipinski definition) is 7. The van der Waals surface area contributed by atoms with Gasteiger partial charge in [0.15, 0.2) is 5.78 Å². The van der Waals surface area contributed by atoms with Crippen LogP contribution in [0.15, 0.2) is 59.5 Å². The van der Waals surface area contributed by atoms with Gasteiger partial charge in [-0.3, -0.25) is 9.59 Å². The average molecular weight is 538 g/mol. The SMILES string of the molecule is CC(C)COc1ccc(-c2ccc(C(=O)NS(=O)(=O)C3=CC=CCC3=O)c(N3C[C@@H](C)CC3(C)C)n2)cc1. The molecule has 0 unspecified atom stereocenters. The molecule has 1 atom stereocenters. The van der Waals surface area contributed by atoms with Crippen LogP contribution in [0.1, 0.15) is 57.8 Å². The third-order valence-electron chi connectivity index (χ3n) is 6.66. The number of nitrogens with one attached hydrogen (secondary N) is 1. The number of hydrogen-bond donors (Lipinski definition) is 1. The minimum atomic E-state index is -4.34. The van der Waals surface area contributed by atoms with E-state index in [1.165, 1.54) is 12.2 Å². The van der Waals surface area contributed by atoms with Gasteiger partial charge in [-0.2, -0.15) is 0 Å². The minimum Gasteiger partial charge on any atom is -0.493 e. The van der Waals surface area contributed by atoms with Gasteiger partial charge in [0.05, 0.1) is 17.9 Å². The number of carbonyl (C=O) groups is 2. The smallest absolute Gasteiger partial charge is 0.268 e. The molecular formula is C29H35N3O5S. The Balaban J connectivity index is 1.70. The summed E-state index contributed by atoms with van der Waals surface area (Å²) in [4.78, 5) is 32.1. The van der Waals surface area contributed by atoms with Gasteiger partial charge in [0.2, 0.25) is 0 Å². The Bertz CT molecular complexity index is 1390. The van der Waals surface area contributed by atoms with Crippen molar-refractivity contribution in [3.8, 4) is 17.0 Å². The quantitative estimate of drug-likeness (QED) is 0.512. The standard InChI is InChI=1S/C29H35N3O5S/c1-19(2)18-37-22-12-10-21(11-13-22)24-15-14-23(27(30-24)32-17-20(3)16-29(32,4)5)28(34)31-38(35,36)26-9-7-6-8-25(26)33/h6-7,9-15,19-20H,8,16-18H2,1-5H3,(H,31,34)/t20-/m0/s1. The van der Waals surface area contributed by atoms with Crippen molar-refractivity contribution >= 4 is 27.5 Å². The van der Waals surface area contributed by atoms with E-state index in [1.807, 2.05) is 24.3 Å². The van der Waals surface area contributed by atoms with E-state index in [2.05, 4.69) is 44.2 Å². The first kappa shape index (κ1) is 27.6. The molecule has 1 fully saturated rings. The lowest BCUT2D eigenvalue weighted by Gasteiger charge is -2.34. The largest absolute Gasteiger partial charge is 0.493 e. The van der Waals surface area contributed by atoms with Crippen LogP contribution in [-0.2, 0) is 14.8 Å². The Morgan fingerprint density at radius 2 is 1.89 bits per heavy atom. The first-order chi connectivity index (χ1) is 17.9. The summed E-state index contributed by atoms with van der Waals surface area (Å²) in [6.45, 7) is 11.8. The molecule has 202 valence electrons. The Hall–Kier alpha value is -3.46. The van der Waals surface area contributed by atoms with Gasteiger partial charge in [-0.05, 0) is 74.6 Å². The number of allylic oxidation sites excluding steroid dienone is 4. The van der Waals surface area contributed by atoms with Crippen LogP contribution in [0, 0.1) is 11.8 Å². The van der Waals surface area contributed by atoms with Crippen LogP contribution < -0.4 is 14.4 Å². The molecule has 1 saturated heterocycles. The number of amides is 1. The van der Waals surface area contributed by atoms with Crippen molar-refractivity contribution in [3.63, 3.8) is 0 Å². The number of carbonyl (C=O) groups excluding carboxylic acids is 2. The van der Waals surface area contributed by atoms with E-state index >= 15 is 0 Å². The van der Waals surface area contributed by atoms with Crippen molar-refractivity contribution in [2.75, 3.05) is 18.1 Å². The summed E-state index contributed by atoms with van der Waals surface area (Å²) < 4.78 is 33.7. The summed E-state index contributed by atoms with van der Waals surface area (Å²) in [7, 11) is -4.34. The molecule has 1 amide bonds. The third kappa shape index (κ3) is 5.99. The second-order valence-corrected chi connectivity index (χ2v) is 12.7. The monoisotopic (exact) mass is 537 g/mol. The molecule has 1 aromatic carbocycles. The summed E-state index contributed by atoms with van der Waals surface area (Å²) in [6.07, 6.45) is 5.15. The Morgan fingerprint density at radius 1 is 1.18 bits per heavy atom.